The number of ether oxygens (including phenoxy) is 1. The van der Waals surface area contributed by atoms with Crippen LogP contribution in [0.4, 0.5) is 13.2 Å². The van der Waals surface area contributed by atoms with Crippen LogP contribution in [0.2, 0.25) is 0 Å². The van der Waals surface area contributed by atoms with E-state index in [0.29, 0.717) is 11.5 Å². The predicted molar refractivity (Wildman–Crippen MR) is 151 cm³/mol. The Morgan fingerprint density at radius 3 is 2.28 bits per heavy atom. The Labute approximate surface area is 229 Å². The van der Waals surface area contributed by atoms with Crippen molar-refractivity contribution in [3.8, 4) is 0 Å². The second-order valence-electron chi connectivity index (χ2n) is 10.6. The number of hydrogen-bond donors (Lipinski definition) is 1. The van der Waals surface area contributed by atoms with Crippen molar-refractivity contribution in [2.45, 2.75) is 84.9 Å². The van der Waals surface area contributed by atoms with Crippen molar-refractivity contribution in [3.63, 3.8) is 0 Å². The van der Waals surface area contributed by atoms with Gasteiger partial charge in [-0.1, -0.05) is 46.0 Å². The molecule has 1 aromatic carbocycles. The molecule has 0 spiro atoms. The minimum absolute atomic E-state index is 0.0980. The second kappa shape index (κ2) is 13.3. The zero-order chi connectivity index (χ0) is 28.0. The van der Waals surface area contributed by atoms with Crippen LogP contribution in [0.3, 0.4) is 0 Å². The number of unbranched alkanes of at least 4 members (excludes halogenated alkanes) is 6. The summed E-state index contributed by atoms with van der Waals surface area (Å²) < 4.78 is 49.4. The van der Waals surface area contributed by atoms with Gasteiger partial charge in [-0.3, -0.25) is 4.79 Å². The average molecular weight is 549 g/mol. The van der Waals surface area contributed by atoms with Gasteiger partial charge in [-0.15, -0.1) is 0 Å². The van der Waals surface area contributed by atoms with Crippen molar-refractivity contribution in [2.75, 3.05) is 39.4 Å². The fourth-order valence-corrected chi connectivity index (χ4v) is 6.16. The van der Waals surface area contributed by atoms with E-state index in [0.717, 1.165) is 82.0 Å². The lowest BCUT2D eigenvalue weighted by Gasteiger charge is -2.36. The summed E-state index contributed by atoms with van der Waals surface area (Å²) >= 11 is 0. The number of halogens is 3. The number of H-pyrrole nitrogens is 1. The number of rotatable bonds is 13. The van der Waals surface area contributed by atoms with E-state index in [9.17, 15) is 18.0 Å². The Hall–Kier alpha value is -2.36. The summed E-state index contributed by atoms with van der Waals surface area (Å²) in [5.41, 5.74) is 1.39. The molecule has 1 aliphatic rings. The van der Waals surface area contributed by atoms with Crippen LogP contribution < -0.4 is 5.56 Å². The van der Waals surface area contributed by atoms with E-state index < -0.39 is 17.3 Å². The molecule has 0 amide bonds. The lowest BCUT2D eigenvalue weighted by atomic mass is 10.0. The highest BCUT2D eigenvalue weighted by molar-refractivity contribution is 6.09. The van der Waals surface area contributed by atoms with Gasteiger partial charge >= 0.3 is 6.18 Å². The summed E-state index contributed by atoms with van der Waals surface area (Å²) in [6.45, 7) is 12.7. The number of nitrogens with zero attached hydrogens (tertiary/aromatic N) is 3. The van der Waals surface area contributed by atoms with Gasteiger partial charge in [0.25, 0.3) is 0 Å². The van der Waals surface area contributed by atoms with E-state index in [1.54, 1.807) is 6.07 Å². The van der Waals surface area contributed by atoms with Gasteiger partial charge in [0.1, 0.15) is 0 Å². The van der Waals surface area contributed by atoms with E-state index >= 15 is 0 Å². The Morgan fingerprint density at radius 1 is 0.974 bits per heavy atom. The first-order valence-corrected chi connectivity index (χ1v) is 14.6. The fourth-order valence-electron chi connectivity index (χ4n) is 6.16. The molecule has 216 valence electrons. The van der Waals surface area contributed by atoms with Gasteiger partial charge in [0.2, 0.25) is 5.56 Å². The number of hydrogen-bond acceptors (Lipinski definition) is 4. The van der Waals surface area contributed by atoms with Crippen molar-refractivity contribution in [1.29, 1.82) is 0 Å². The number of aromatic amines is 1. The Kier molecular flexibility index (Phi) is 10.1. The number of aromatic nitrogens is 2. The molecule has 3 aromatic rings. The molecule has 2 aromatic heterocycles. The highest BCUT2D eigenvalue weighted by Crippen LogP contribution is 2.39. The third-order valence-electron chi connectivity index (χ3n) is 8.10. The molecule has 9 heteroatoms. The van der Waals surface area contributed by atoms with Crippen LogP contribution in [-0.2, 0) is 23.9 Å². The number of benzene rings is 1. The molecule has 0 unspecified atom stereocenters. The normalized spacial score (nSPS) is 15.3. The minimum Gasteiger partial charge on any atom is -0.379 e. The maximum Gasteiger partial charge on any atom is 0.417 e. The molecule has 39 heavy (non-hydrogen) atoms. The van der Waals surface area contributed by atoms with Crippen LogP contribution in [0.1, 0.15) is 75.6 Å². The molecule has 6 nitrogen and oxygen atoms in total. The molecule has 1 aliphatic heterocycles. The Balaban J connectivity index is 1.33. The maximum atomic E-state index is 13.9. The first-order chi connectivity index (χ1) is 18.8. The van der Waals surface area contributed by atoms with Crippen LogP contribution >= 0.6 is 0 Å². The number of fused-ring (bicyclic) bond motifs is 3. The lowest BCUT2D eigenvalue weighted by Crippen LogP contribution is -2.49. The summed E-state index contributed by atoms with van der Waals surface area (Å²) in [5.74, 6) is 0. The standard InChI is InChI=1S/C30H43F3N4O2/c1-4-25-22(3)28-26(14-13-24-29(28)23(30(31,32)33)21-27(38)34-24)37(25)16-12-10-8-6-7-9-11-15-35(5-2)36-17-19-39-20-18-36/h13-14,21H,4-12,15-20H2,1-3H3,(H,34,38). The number of aryl methyl sites for hydroxylation is 2. The van der Waals surface area contributed by atoms with Crippen molar-refractivity contribution in [3.05, 3.63) is 45.4 Å². The number of alkyl halides is 3. The highest BCUT2D eigenvalue weighted by atomic mass is 19.4. The molecule has 3 heterocycles. The molecule has 0 atom stereocenters. The fraction of sp³-hybridized carbons (Fsp3) is 0.633. The molecule has 1 N–H and O–H groups in total. The summed E-state index contributed by atoms with van der Waals surface area (Å²) in [7, 11) is 0. The highest BCUT2D eigenvalue weighted by Gasteiger charge is 2.34. The zero-order valence-corrected chi connectivity index (χ0v) is 23.6. The van der Waals surface area contributed by atoms with E-state index in [4.69, 9.17) is 4.74 Å². The molecule has 1 fully saturated rings. The summed E-state index contributed by atoms with van der Waals surface area (Å²) in [6.07, 6.45) is 4.30. The summed E-state index contributed by atoms with van der Waals surface area (Å²) in [5, 5.41) is 5.58. The van der Waals surface area contributed by atoms with Gasteiger partial charge in [-0.05, 0) is 43.9 Å². The van der Waals surface area contributed by atoms with Crippen LogP contribution in [0.15, 0.2) is 23.0 Å². The predicted octanol–water partition coefficient (Wildman–Crippen LogP) is 6.67. The number of morpholine rings is 1. The zero-order valence-electron chi connectivity index (χ0n) is 23.6. The largest absolute Gasteiger partial charge is 0.417 e. The van der Waals surface area contributed by atoms with Crippen molar-refractivity contribution in [2.24, 2.45) is 0 Å². The van der Waals surface area contributed by atoms with Gasteiger partial charge in [0, 0.05) is 66.3 Å². The lowest BCUT2D eigenvalue weighted by molar-refractivity contribution is -0.136. The first-order valence-electron chi connectivity index (χ1n) is 14.6. The van der Waals surface area contributed by atoms with E-state index in [2.05, 4.69) is 26.5 Å². The van der Waals surface area contributed by atoms with Crippen LogP contribution in [0, 0.1) is 6.92 Å². The van der Waals surface area contributed by atoms with Crippen molar-refractivity contribution < 1.29 is 17.9 Å². The van der Waals surface area contributed by atoms with Gasteiger partial charge in [0.15, 0.2) is 0 Å². The maximum absolute atomic E-state index is 13.9. The number of pyridine rings is 1. The smallest absolute Gasteiger partial charge is 0.379 e. The number of nitrogens with one attached hydrogen (secondary N) is 1. The monoisotopic (exact) mass is 548 g/mol. The Morgan fingerprint density at radius 2 is 1.64 bits per heavy atom. The van der Waals surface area contributed by atoms with Gasteiger partial charge in [-0.25, -0.2) is 10.0 Å². The van der Waals surface area contributed by atoms with E-state index in [-0.39, 0.29) is 10.9 Å². The minimum atomic E-state index is -4.60. The van der Waals surface area contributed by atoms with E-state index in [1.807, 2.05) is 19.9 Å². The van der Waals surface area contributed by atoms with Gasteiger partial charge in [-0.2, -0.15) is 13.2 Å². The Bertz CT molecular complexity index is 1290. The quantitative estimate of drug-likeness (QED) is 0.242. The molecule has 4 rings (SSSR count). The second-order valence-corrected chi connectivity index (χ2v) is 10.6. The van der Waals surface area contributed by atoms with Crippen LogP contribution in [-0.4, -0.2) is 59.0 Å². The summed E-state index contributed by atoms with van der Waals surface area (Å²) in [6, 6.07) is 4.16. The van der Waals surface area contributed by atoms with Gasteiger partial charge < -0.3 is 14.3 Å². The molecular weight excluding hydrogens is 505 g/mol. The molecule has 0 radical (unpaired) electrons. The third kappa shape index (κ3) is 6.87. The molecular formula is C30H43F3N4O2. The molecule has 0 saturated carbocycles. The summed E-state index contributed by atoms with van der Waals surface area (Å²) in [4.78, 5) is 14.5. The first kappa shape index (κ1) is 29.6. The van der Waals surface area contributed by atoms with Crippen LogP contribution in [0.25, 0.3) is 21.8 Å². The molecule has 0 bridgehead atoms. The molecule has 1 saturated heterocycles. The van der Waals surface area contributed by atoms with Crippen molar-refractivity contribution in [1.82, 2.24) is 19.6 Å². The van der Waals surface area contributed by atoms with E-state index in [1.165, 1.54) is 32.1 Å². The SMILES string of the molecule is CCc1c(C)c2c3c(C(F)(F)F)cc(=O)[nH]c3ccc2n1CCCCCCCCCN(CC)N1CCOCC1. The van der Waals surface area contributed by atoms with Crippen LogP contribution in [0.5, 0.6) is 0 Å². The third-order valence-corrected chi connectivity index (χ3v) is 8.10. The molecule has 0 aliphatic carbocycles. The average Bonchev–Trinajstić information content (AvgIpc) is 3.19. The number of hydrazine groups is 1. The topological polar surface area (TPSA) is 53.5 Å². The van der Waals surface area contributed by atoms with Gasteiger partial charge in [0.05, 0.1) is 18.8 Å². The van der Waals surface area contributed by atoms with Crippen molar-refractivity contribution >= 4 is 21.8 Å².